The lowest BCUT2D eigenvalue weighted by Gasteiger charge is -2.31. The number of guanidine groups is 1. The van der Waals surface area contributed by atoms with E-state index in [1.807, 2.05) is 12.3 Å². The van der Waals surface area contributed by atoms with Crippen molar-refractivity contribution in [3.63, 3.8) is 0 Å². The highest BCUT2D eigenvalue weighted by Gasteiger charge is 2.50. The van der Waals surface area contributed by atoms with E-state index < -0.39 is 15.5 Å². The third kappa shape index (κ3) is 6.31. The van der Waals surface area contributed by atoms with Gasteiger partial charge in [-0.15, -0.1) is 11.3 Å². The largest absolute Gasteiger partial charge is 0.511 e. The SMILES string of the molecule is CN=C(NCCCc1nc(C)cs1)NCC1CCN(S(=O)(=O)C(F)(F)F)CC1. The van der Waals surface area contributed by atoms with Crippen LogP contribution in [-0.2, 0) is 16.4 Å². The second-order valence-electron chi connectivity index (χ2n) is 6.66. The third-order valence-corrected chi connectivity index (χ3v) is 7.17. The number of piperidine rings is 1. The van der Waals surface area contributed by atoms with Crippen molar-refractivity contribution in [2.75, 3.05) is 33.2 Å². The first-order valence-electron chi connectivity index (χ1n) is 9.05. The number of sulfonamides is 1. The number of rotatable bonds is 7. The van der Waals surface area contributed by atoms with Crippen molar-refractivity contribution in [2.45, 2.75) is 38.1 Å². The van der Waals surface area contributed by atoms with Gasteiger partial charge in [-0.2, -0.15) is 17.5 Å². The molecule has 1 fully saturated rings. The summed E-state index contributed by atoms with van der Waals surface area (Å²) in [5.74, 6) is 0.720. The molecule has 0 spiro atoms. The fourth-order valence-electron chi connectivity index (χ4n) is 2.93. The zero-order valence-corrected chi connectivity index (χ0v) is 17.6. The molecule has 1 aromatic rings. The van der Waals surface area contributed by atoms with Gasteiger partial charge in [0.25, 0.3) is 0 Å². The van der Waals surface area contributed by atoms with Crippen LogP contribution in [0.15, 0.2) is 10.4 Å². The van der Waals surface area contributed by atoms with Crippen LogP contribution in [0.1, 0.15) is 30.0 Å². The minimum atomic E-state index is -5.23. The Labute approximate surface area is 167 Å². The minimum Gasteiger partial charge on any atom is -0.356 e. The Bertz CT molecular complexity index is 757. The highest BCUT2D eigenvalue weighted by Crippen LogP contribution is 2.30. The number of hydrogen-bond acceptors (Lipinski definition) is 5. The van der Waals surface area contributed by atoms with Crippen molar-refractivity contribution in [2.24, 2.45) is 10.9 Å². The van der Waals surface area contributed by atoms with E-state index in [1.54, 1.807) is 18.4 Å². The van der Waals surface area contributed by atoms with Gasteiger partial charge in [0.05, 0.1) is 5.01 Å². The molecular formula is C16H26F3N5O2S2. The first kappa shape index (κ1) is 22.9. The van der Waals surface area contributed by atoms with Gasteiger partial charge in [0.15, 0.2) is 5.96 Å². The molecule has 0 aliphatic carbocycles. The fraction of sp³-hybridized carbons (Fsp3) is 0.750. The van der Waals surface area contributed by atoms with Crippen LogP contribution in [0.2, 0.25) is 0 Å². The molecule has 0 radical (unpaired) electrons. The summed E-state index contributed by atoms with van der Waals surface area (Å²) in [6.07, 6.45) is 2.54. The summed E-state index contributed by atoms with van der Waals surface area (Å²) in [5, 5.41) is 9.48. The molecule has 12 heteroatoms. The van der Waals surface area contributed by atoms with Gasteiger partial charge in [-0.1, -0.05) is 0 Å². The molecule has 2 rings (SSSR count). The lowest BCUT2D eigenvalue weighted by molar-refractivity contribution is -0.0496. The van der Waals surface area contributed by atoms with E-state index >= 15 is 0 Å². The van der Waals surface area contributed by atoms with Crippen molar-refractivity contribution < 1.29 is 21.6 Å². The van der Waals surface area contributed by atoms with Gasteiger partial charge in [-0.25, -0.2) is 13.4 Å². The molecule has 7 nitrogen and oxygen atoms in total. The van der Waals surface area contributed by atoms with Crippen molar-refractivity contribution in [1.82, 2.24) is 19.9 Å². The first-order valence-corrected chi connectivity index (χ1v) is 11.4. The second-order valence-corrected chi connectivity index (χ2v) is 9.53. The molecule has 160 valence electrons. The van der Waals surface area contributed by atoms with E-state index in [0.29, 0.717) is 29.7 Å². The highest BCUT2D eigenvalue weighted by molar-refractivity contribution is 7.90. The predicted octanol–water partition coefficient (Wildman–Crippen LogP) is 2.11. The van der Waals surface area contributed by atoms with Gasteiger partial charge in [0, 0.05) is 50.7 Å². The number of halogens is 3. The Morgan fingerprint density at radius 2 is 2.04 bits per heavy atom. The number of nitrogens with zero attached hydrogens (tertiary/aromatic N) is 3. The van der Waals surface area contributed by atoms with Crippen LogP contribution in [0.5, 0.6) is 0 Å². The van der Waals surface area contributed by atoms with Crippen LogP contribution in [-0.4, -0.2) is 62.4 Å². The van der Waals surface area contributed by atoms with E-state index in [-0.39, 0.29) is 19.0 Å². The van der Waals surface area contributed by atoms with E-state index in [1.165, 1.54) is 0 Å². The molecule has 0 unspecified atom stereocenters. The molecule has 0 atom stereocenters. The number of aromatic nitrogens is 1. The van der Waals surface area contributed by atoms with Gasteiger partial charge >= 0.3 is 15.5 Å². The molecule has 0 bridgehead atoms. The summed E-state index contributed by atoms with van der Waals surface area (Å²) in [7, 11) is -3.57. The maximum absolute atomic E-state index is 12.6. The topological polar surface area (TPSA) is 86.7 Å². The van der Waals surface area contributed by atoms with Crippen molar-refractivity contribution in [1.29, 1.82) is 0 Å². The van der Waals surface area contributed by atoms with Crippen LogP contribution in [0.4, 0.5) is 13.2 Å². The van der Waals surface area contributed by atoms with Crippen molar-refractivity contribution >= 4 is 27.3 Å². The Balaban J connectivity index is 1.67. The molecule has 1 saturated heterocycles. The summed E-state index contributed by atoms with van der Waals surface area (Å²) in [6.45, 7) is 2.99. The van der Waals surface area contributed by atoms with Crippen LogP contribution in [0.3, 0.4) is 0 Å². The normalized spacial score (nSPS) is 17.7. The zero-order chi connectivity index (χ0) is 20.8. The van der Waals surface area contributed by atoms with Gasteiger partial charge in [-0.3, -0.25) is 4.99 Å². The van der Waals surface area contributed by atoms with Gasteiger partial charge in [0.1, 0.15) is 0 Å². The maximum atomic E-state index is 12.6. The van der Waals surface area contributed by atoms with Gasteiger partial charge < -0.3 is 10.6 Å². The highest BCUT2D eigenvalue weighted by atomic mass is 32.2. The van der Waals surface area contributed by atoms with E-state index in [4.69, 9.17) is 0 Å². The van der Waals surface area contributed by atoms with E-state index in [2.05, 4.69) is 20.6 Å². The van der Waals surface area contributed by atoms with E-state index in [9.17, 15) is 21.6 Å². The summed E-state index contributed by atoms with van der Waals surface area (Å²) in [4.78, 5) is 8.55. The summed E-state index contributed by atoms with van der Waals surface area (Å²) < 4.78 is 61.2. The number of aliphatic imine (C=N–C) groups is 1. The zero-order valence-electron chi connectivity index (χ0n) is 15.9. The Kier molecular flexibility index (Phi) is 8.07. The molecule has 1 aliphatic heterocycles. The van der Waals surface area contributed by atoms with Crippen LogP contribution in [0, 0.1) is 12.8 Å². The van der Waals surface area contributed by atoms with Gasteiger partial charge in [0.2, 0.25) is 0 Å². The van der Waals surface area contributed by atoms with Crippen molar-refractivity contribution in [3.05, 3.63) is 16.1 Å². The number of nitrogens with one attached hydrogen (secondary N) is 2. The van der Waals surface area contributed by atoms with Crippen LogP contribution >= 0.6 is 11.3 Å². The van der Waals surface area contributed by atoms with E-state index in [0.717, 1.165) is 30.1 Å². The molecule has 2 N–H and O–H groups in total. The van der Waals surface area contributed by atoms with Crippen molar-refractivity contribution in [3.8, 4) is 0 Å². The Hall–Kier alpha value is -1.40. The molecule has 0 saturated carbocycles. The Morgan fingerprint density at radius 1 is 1.36 bits per heavy atom. The quantitative estimate of drug-likeness (QED) is 0.385. The monoisotopic (exact) mass is 441 g/mol. The number of hydrogen-bond donors (Lipinski definition) is 2. The molecule has 1 aromatic heterocycles. The van der Waals surface area contributed by atoms with Crippen LogP contribution < -0.4 is 10.6 Å². The average Bonchev–Trinajstić information content (AvgIpc) is 3.05. The fourth-order valence-corrected chi connectivity index (χ4v) is 4.73. The third-order valence-electron chi connectivity index (χ3n) is 4.51. The lowest BCUT2D eigenvalue weighted by atomic mass is 9.98. The molecule has 0 aromatic carbocycles. The lowest BCUT2D eigenvalue weighted by Crippen LogP contribution is -2.47. The Morgan fingerprint density at radius 3 is 2.57 bits per heavy atom. The molecular weight excluding hydrogens is 415 g/mol. The first-order chi connectivity index (χ1) is 13.1. The number of alkyl halides is 3. The predicted molar refractivity (Wildman–Crippen MR) is 104 cm³/mol. The molecule has 28 heavy (non-hydrogen) atoms. The molecule has 1 aliphatic rings. The van der Waals surface area contributed by atoms with Crippen LogP contribution in [0.25, 0.3) is 0 Å². The molecule has 2 heterocycles. The smallest absolute Gasteiger partial charge is 0.356 e. The number of aryl methyl sites for hydroxylation is 2. The molecule has 0 amide bonds. The summed E-state index contributed by atoms with van der Waals surface area (Å²) in [5.41, 5.74) is -4.21. The minimum absolute atomic E-state index is 0.0940. The number of thiazole rings is 1. The summed E-state index contributed by atoms with van der Waals surface area (Å²) in [6, 6.07) is 0. The van der Waals surface area contributed by atoms with Gasteiger partial charge in [-0.05, 0) is 32.1 Å². The second kappa shape index (κ2) is 9.88. The summed E-state index contributed by atoms with van der Waals surface area (Å²) >= 11 is 1.64. The maximum Gasteiger partial charge on any atom is 0.511 e. The standard InChI is InChI=1S/C16H26F3N5O2S2/c1-12-11-27-14(23-12)4-3-7-21-15(20-2)22-10-13-5-8-24(9-6-13)28(25,26)16(17,18)19/h11,13H,3-10H2,1-2H3,(H2,20,21,22). The average molecular weight is 442 g/mol.